The van der Waals surface area contributed by atoms with Crippen molar-refractivity contribution in [1.82, 2.24) is 5.32 Å². The first-order chi connectivity index (χ1) is 8.13. The second kappa shape index (κ2) is 7.21. The molecule has 3 N–H and O–H groups in total. The maximum Gasteiger partial charge on any atom is 0.233 e. The molecule has 1 aliphatic rings. The van der Waals surface area contributed by atoms with E-state index in [2.05, 4.69) is 11.6 Å². The van der Waals surface area contributed by atoms with Gasteiger partial charge in [-0.25, -0.2) is 0 Å². The highest BCUT2D eigenvalue weighted by Gasteiger charge is 2.41. The van der Waals surface area contributed by atoms with E-state index in [0.29, 0.717) is 4.99 Å². The smallest absolute Gasteiger partial charge is 0.233 e. The Bertz CT molecular complexity index is 276. The van der Waals surface area contributed by atoms with Crippen molar-refractivity contribution < 1.29 is 4.79 Å². The van der Waals surface area contributed by atoms with Crippen LogP contribution in [0.25, 0.3) is 0 Å². The van der Waals surface area contributed by atoms with Gasteiger partial charge >= 0.3 is 0 Å². The summed E-state index contributed by atoms with van der Waals surface area (Å²) < 4.78 is 0. The molecule has 98 valence electrons. The predicted octanol–water partition coefficient (Wildman–Crippen LogP) is 2.09. The topological polar surface area (TPSA) is 55.1 Å². The molecule has 1 fully saturated rings. The Labute approximate surface area is 113 Å². The number of amides is 1. The largest absolute Gasteiger partial charge is 0.392 e. The number of hydrogen-bond acceptors (Lipinski definition) is 3. The lowest BCUT2D eigenvalue weighted by Crippen LogP contribution is -2.50. The average molecular weight is 274 g/mol. The van der Waals surface area contributed by atoms with Crippen molar-refractivity contribution in [1.29, 1.82) is 0 Å². The SMILES string of the molecule is CSCCCNC(=O)C1(C(N)=S)CCCCC1. The second-order valence-electron chi connectivity index (χ2n) is 4.61. The molecule has 1 aliphatic carbocycles. The zero-order chi connectivity index (χ0) is 12.7. The molecule has 0 aromatic heterocycles. The van der Waals surface area contributed by atoms with Gasteiger partial charge in [0.25, 0.3) is 0 Å². The van der Waals surface area contributed by atoms with Gasteiger partial charge in [-0.05, 0) is 31.3 Å². The van der Waals surface area contributed by atoms with Crippen LogP contribution in [0.3, 0.4) is 0 Å². The minimum atomic E-state index is -0.563. The molecule has 0 radical (unpaired) electrons. The molecule has 17 heavy (non-hydrogen) atoms. The fourth-order valence-electron chi connectivity index (χ4n) is 2.33. The van der Waals surface area contributed by atoms with Gasteiger partial charge in [0.05, 0.1) is 10.4 Å². The summed E-state index contributed by atoms with van der Waals surface area (Å²) in [5.74, 6) is 1.12. The van der Waals surface area contributed by atoms with Gasteiger partial charge in [-0.1, -0.05) is 31.5 Å². The van der Waals surface area contributed by atoms with Crippen LogP contribution in [0.1, 0.15) is 38.5 Å². The molecule has 1 amide bonds. The van der Waals surface area contributed by atoms with Gasteiger partial charge in [0, 0.05) is 6.54 Å². The Kier molecular flexibility index (Phi) is 6.27. The number of thiocarbonyl (C=S) groups is 1. The summed E-state index contributed by atoms with van der Waals surface area (Å²) in [6.07, 6.45) is 7.99. The maximum absolute atomic E-state index is 12.2. The lowest BCUT2D eigenvalue weighted by molar-refractivity contribution is -0.128. The van der Waals surface area contributed by atoms with Gasteiger partial charge in [-0.2, -0.15) is 11.8 Å². The van der Waals surface area contributed by atoms with Crippen LogP contribution >= 0.6 is 24.0 Å². The van der Waals surface area contributed by atoms with Crippen LogP contribution in [0.15, 0.2) is 0 Å². The van der Waals surface area contributed by atoms with Crippen LogP contribution in [0.4, 0.5) is 0 Å². The third kappa shape index (κ3) is 3.85. The lowest BCUT2D eigenvalue weighted by Gasteiger charge is -2.34. The minimum Gasteiger partial charge on any atom is -0.392 e. The van der Waals surface area contributed by atoms with E-state index in [1.165, 1.54) is 6.42 Å². The van der Waals surface area contributed by atoms with Crippen molar-refractivity contribution in [3.8, 4) is 0 Å². The Hall–Kier alpha value is -0.290. The van der Waals surface area contributed by atoms with Crippen molar-refractivity contribution in [2.24, 2.45) is 11.1 Å². The van der Waals surface area contributed by atoms with E-state index in [-0.39, 0.29) is 5.91 Å². The number of carbonyl (C=O) groups is 1. The molecule has 0 aromatic carbocycles. The van der Waals surface area contributed by atoms with Crippen LogP contribution in [0, 0.1) is 5.41 Å². The number of carbonyl (C=O) groups excluding carboxylic acids is 1. The molecule has 0 unspecified atom stereocenters. The number of nitrogens with one attached hydrogen (secondary N) is 1. The van der Waals surface area contributed by atoms with Crippen molar-refractivity contribution >= 4 is 34.9 Å². The normalized spacial score (nSPS) is 18.6. The Morgan fingerprint density at radius 1 is 1.41 bits per heavy atom. The predicted molar refractivity (Wildman–Crippen MR) is 78.3 cm³/mol. The molecule has 0 heterocycles. The summed E-state index contributed by atoms with van der Waals surface area (Å²) in [6.45, 7) is 0.726. The summed E-state index contributed by atoms with van der Waals surface area (Å²) in [5, 5.41) is 2.99. The van der Waals surface area contributed by atoms with Crippen molar-refractivity contribution in [3.63, 3.8) is 0 Å². The minimum absolute atomic E-state index is 0.0470. The third-order valence-electron chi connectivity index (χ3n) is 3.42. The van der Waals surface area contributed by atoms with Crippen LogP contribution in [0.2, 0.25) is 0 Å². The van der Waals surface area contributed by atoms with E-state index < -0.39 is 5.41 Å². The van der Waals surface area contributed by atoms with Crippen molar-refractivity contribution in [2.75, 3.05) is 18.6 Å². The highest BCUT2D eigenvalue weighted by atomic mass is 32.2. The van der Waals surface area contributed by atoms with Crippen molar-refractivity contribution in [2.45, 2.75) is 38.5 Å². The first kappa shape index (κ1) is 14.8. The molecule has 0 bridgehead atoms. The van der Waals surface area contributed by atoms with E-state index in [1.807, 2.05) is 0 Å². The number of thioether (sulfide) groups is 1. The molecule has 1 rings (SSSR count). The lowest BCUT2D eigenvalue weighted by atomic mass is 9.73. The first-order valence-electron chi connectivity index (χ1n) is 6.20. The standard InChI is InChI=1S/C12H22N2OS2/c1-17-9-5-8-14-11(15)12(10(13)16)6-3-2-4-7-12/h2-9H2,1H3,(H2,13,16)(H,14,15). The first-order valence-corrected chi connectivity index (χ1v) is 8.01. The van der Waals surface area contributed by atoms with Gasteiger partial charge < -0.3 is 11.1 Å². The highest BCUT2D eigenvalue weighted by molar-refractivity contribution is 7.98. The summed E-state index contributed by atoms with van der Waals surface area (Å²) in [6, 6.07) is 0. The Morgan fingerprint density at radius 2 is 2.06 bits per heavy atom. The number of hydrogen-bond donors (Lipinski definition) is 2. The zero-order valence-corrected chi connectivity index (χ0v) is 12.1. The van der Waals surface area contributed by atoms with Crippen LogP contribution in [-0.2, 0) is 4.79 Å². The zero-order valence-electron chi connectivity index (χ0n) is 10.5. The second-order valence-corrected chi connectivity index (χ2v) is 6.03. The summed E-state index contributed by atoms with van der Waals surface area (Å²) in [4.78, 5) is 12.6. The van der Waals surface area contributed by atoms with Gasteiger partial charge in [0.2, 0.25) is 5.91 Å². The molecule has 5 heteroatoms. The molecule has 0 saturated heterocycles. The molecule has 1 saturated carbocycles. The van der Waals surface area contributed by atoms with Crippen molar-refractivity contribution in [3.05, 3.63) is 0 Å². The van der Waals surface area contributed by atoms with Gasteiger partial charge in [0.15, 0.2) is 0 Å². The molecule has 3 nitrogen and oxygen atoms in total. The number of rotatable bonds is 6. The van der Waals surface area contributed by atoms with Crippen LogP contribution in [0.5, 0.6) is 0 Å². The molecular weight excluding hydrogens is 252 g/mol. The quantitative estimate of drug-likeness (QED) is 0.575. The van der Waals surface area contributed by atoms with Gasteiger partial charge in [0.1, 0.15) is 0 Å². The highest BCUT2D eigenvalue weighted by Crippen LogP contribution is 2.36. The monoisotopic (exact) mass is 274 g/mol. The molecule has 0 atom stereocenters. The summed E-state index contributed by atoms with van der Waals surface area (Å²) in [5.41, 5.74) is 5.24. The van der Waals surface area contributed by atoms with Crippen LogP contribution in [-0.4, -0.2) is 29.4 Å². The molecule has 0 spiro atoms. The van der Waals surface area contributed by atoms with E-state index in [0.717, 1.165) is 44.4 Å². The Morgan fingerprint density at radius 3 is 2.59 bits per heavy atom. The fourth-order valence-corrected chi connectivity index (χ4v) is 3.06. The van der Waals surface area contributed by atoms with Gasteiger partial charge in [-0.3, -0.25) is 4.79 Å². The van der Waals surface area contributed by atoms with E-state index >= 15 is 0 Å². The van der Waals surface area contributed by atoms with Crippen LogP contribution < -0.4 is 11.1 Å². The third-order valence-corrected chi connectivity index (χ3v) is 4.51. The molecule has 0 aromatic rings. The number of nitrogens with two attached hydrogens (primary N) is 1. The summed E-state index contributed by atoms with van der Waals surface area (Å²) in [7, 11) is 0. The summed E-state index contributed by atoms with van der Waals surface area (Å²) >= 11 is 6.91. The maximum atomic E-state index is 12.2. The van der Waals surface area contributed by atoms with E-state index in [4.69, 9.17) is 18.0 Å². The Balaban J connectivity index is 2.52. The average Bonchev–Trinajstić information content (AvgIpc) is 2.35. The van der Waals surface area contributed by atoms with E-state index in [1.54, 1.807) is 11.8 Å². The molecular formula is C12H22N2OS2. The molecule has 0 aliphatic heterocycles. The fraction of sp³-hybridized carbons (Fsp3) is 0.833. The van der Waals surface area contributed by atoms with Gasteiger partial charge in [-0.15, -0.1) is 0 Å². The van der Waals surface area contributed by atoms with E-state index in [9.17, 15) is 4.79 Å².